The molecule has 3 aromatic carbocycles. The summed E-state index contributed by atoms with van der Waals surface area (Å²) in [5.74, 6) is 0. The summed E-state index contributed by atoms with van der Waals surface area (Å²) < 4.78 is 5.48. The molecule has 4 rings (SSSR count). The van der Waals surface area contributed by atoms with Crippen molar-refractivity contribution >= 4 is 21.7 Å². The van der Waals surface area contributed by atoms with Gasteiger partial charge in [-0.3, -0.25) is 0 Å². The van der Waals surface area contributed by atoms with Gasteiger partial charge in [0, 0.05) is 5.39 Å². The minimum Gasteiger partial charge on any atom is -0.464 e. The summed E-state index contributed by atoms with van der Waals surface area (Å²) in [6, 6.07) is 23.5. The Labute approximate surface area is 117 Å². The predicted octanol–water partition coefficient (Wildman–Crippen LogP) is 5.18. The summed E-state index contributed by atoms with van der Waals surface area (Å²) in [6.07, 6.45) is 2.72. The van der Waals surface area contributed by atoms with Gasteiger partial charge in [-0.2, -0.15) is 0 Å². The summed E-state index contributed by atoms with van der Waals surface area (Å²) in [4.78, 5) is 0. The van der Waals surface area contributed by atoms with Crippen molar-refractivity contribution in [2.75, 3.05) is 0 Å². The Morgan fingerprint density at radius 2 is 1.55 bits per heavy atom. The van der Waals surface area contributed by atoms with Crippen LogP contribution in [-0.2, 0) is 6.42 Å². The minimum absolute atomic E-state index is 0.953. The van der Waals surface area contributed by atoms with Crippen molar-refractivity contribution in [3.05, 3.63) is 84.1 Å². The maximum atomic E-state index is 5.48. The van der Waals surface area contributed by atoms with Crippen molar-refractivity contribution < 1.29 is 4.42 Å². The van der Waals surface area contributed by atoms with E-state index in [2.05, 4.69) is 54.6 Å². The van der Waals surface area contributed by atoms with E-state index in [4.69, 9.17) is 4.42 Å². The van der Waals surface area contributed by atoms with Crippen LogP contribution in [0.3, 0.4) is 0 Å². The van der Waals surface area contributed by atoms with Crippen LogP contribution in [-0.4, -0.2) is 0 Å². The molecule has 4 aromatic rings. The minimum atomic E-state index is 0.953. The van der Waals surface area contributed by atoms with E-state index in [9.17, 15) is 0 Å². The Balaban J connectivity index is 1.85. The first kappa shape index (κ1) is 11.3. The third kappa shape index (κ3) is 1.88. The zero-order valence-electron chi connectivity index (χ0n) is 11.0. The van der Waals surface area contributed by atoms with Gasteiger partial charge in [-0.1, -0.05) is 54.6 Å². The lowest BCUT2D eigenvalue weighted by Crippen LogP contribution is -1.87. The molecule has 0 spiro atoms. The van der Waals surface area contributed by atoms with Crippen LogP contribution in [0.15, 0.2) is 77.4 Å². The first-order valence-electron chi connectivity index (χ1n) is 6.83. The van der Waals surface area contributed by atoms with E-state index >= 15 is 0 Å². The highest BCUT2D eigenvalue weighted by molar-refractivity contribution is 6.05. The number of fused-ring (bicyclic) bond motifs is 3. The predicted molar refractivity (Wildman–Crippen MR) is 83.0 cm³/mol. The molecule has 1 heteroatoms. The normalized spacial score (nSPS) is 11.2. The largest absolute Gasteiger partial charge is 0.464 e. The number of benzene rings is 3. The molecule has 0 atom stereocenters. The summed E-state index contributed by atoms with van der Waals surface area (Å²) in [6.45, 7) is 0. The van der Waals surface area contributed by atoms with E-state index < -0.39 is 0 Å². The average molecular weight is 258 g/mol. The van der Waals surface area contributed by atoms with Gasteiger partial charge in [0.2, 0.25) is 0 Å². The highest BCUT2D eigenvalue weighted by atomic mass is 16.3. The van der Waals surface area contributed by atoms with Gasteiger partial charge in [0.05, 0.1) is 6.26 Å². The van der Waals surface area contributed by atoms with Crippen LogP contribution < -0.4 is 0 Å². The lowest BCUT2D eigenvalue weighted by atomic mass is 9.99. The molecule has 20 heavy (non-hydrogen) atoms. The van der Waals surface area contributed by atoms with Crippen LogP contribution in [0.1, 0.15) is 11.1 Å². The van der Waals surface area contributed by atoms with E-state index in [1.807, 2.05) is 12.1 Å². The van der Waals surface area contributed by atoms with Crippen molar-refractivity contribution in [2.45, 2.75) is 6.42 Å². The average Bonchev–Trinajstić information content (AvgIpc) is 2.97. The molecule has 0 aliphatic rings. The van der Waals surface area contributed by atoms with E-state index in [0.717, 1.165) is 12.0 Å². The van der Waals surface area contributed by atoms with Crippen molar-refractivity contribution in [3.8, 4) is 0 Å². The highest BCUT2D eigenvalue weighted by Gasteiger charge is 2.04. The second-order valence-electron chi connectivity index (χ2n) is 5.12. The molecule has 0 amide bonds. The van der Waals surface area contributed by atoms with Crippen LogP contribution in [0, 0.1) is 0 Å². The molecule has 96 valence electrons. The molecule has 0 radical (unpaired) electrons. The van der Waals surface area contributed by atoms with Gasteiger partial charge in [-0.25, -0.2) is 0 Å². The van der Waals surface area contributed by atoms with Crippen molar-refractivity contribution in [1.29, 1.82) is 0 Å². The number of hydrogen-bond acceptors (Lipinski definition) is 1. The maximum absolute atomic E-state index is 5.48. The number of hydrogen-bond donors (Lipinski definition) is 0. The summed E-state index contributed by atoms with van der Waals surface area (Å²) >= 11 is 0. The monoisotopic (exact) mass is 258 g/mol. The van der Waals surface area contributed by atoms with Crippen molar-refractivity contribution in [3.63, 3.8) is 0 Å². The molecule has 1 nitrogen and oxygen atoms in total. The van der Waals surface area contributed by atoms with Gasteiger partial charge < -0.3 is 4.42 Å². The van der Waals surface area contributed by atoms with E-state index in [0.29, 0.717) is 0 Å². The summed E-state index contributed by atoms with van der Waals surface area (Å²) in [5, 5.41) is 3.72. The molecule has 0 bridgehead atoms. The van der Waals surface area contributed by atoms with Crippen LogP contribution in [0.25, 0.3) is 21.7 Å². The molecule has 0 unspecified atom stereocenters. The topological polar surface area (TPSA) is 13.1 Å². The molecule has 0 saturated carbocycles. The fraction of sp³-hybridized carbons (Fsp3) is 0.0526. The van der Waals surface area contributed by atoms with Crippen molar-refractivity contribution in [2.24, 2.45) is 0 Å². The molecule has 0 N–H and O–H groups in total. The van der Waals surface area contributed by atoms with Gasteiger partial charge >= 0.3 is 0 Å². The van der Waals surface area contributed by atoms with Crippen LogP contribution in [0.5, 0.6) is 0 Å². The Morgan fingerprint density at radius 1 is 0.700 bits per heavy atom. The summed E-state index contributed by atoms with van der Waals surface area (Å²) in [7, 11) is 0. The van der Waals surface area contributed by atoms with Crippen molar-refractivity contribution in [1.82, 2.24) is 0 Å². The second kappa shape index (κ2) is 4.53. The number of rotatable bonds is 2. The van der Waals surface area contributed by atoms with Gasteiger partial charge in [0.1, 0.15) is 5.58 Å². The quantitative estimate of drug-likeness (QED) is 0.483. The molecular weight excluding hydrogens is 244 g/mol. The van der Waals surface area contributed by atoms with Gasteiger partial charge in [0.15, 0.2) is 0 Å². The molecular formula is C19H14O. The SMILES string of the molecule is c1ccc(Cc2ccc3ccc4occc4c3c2)cc1. The highest BCUT2D eigenvalue weighted by Crippen LogP contribution is 2.27. The Morgan fingerprint density at radius 3 is 2.45 bits per heavy atom. The maximum Gasteiger partial charge on any atom is 0.134 e. The zero-order chi connectivity index (χ0) is 13.4. The molecule has 0 saturated heterocycles. The van der Waals surface area contributed by atoms with Crippen LogP contribution in [0.2, 0.25) is 0 Å². The zero-order valence-corrected chi connectivity index (χ0v) is 11.0. The fourth-order valence-corrected chi connectivity index (χ4v) is 2.76. The first-order chi connectivity index (χ1) is 9.90. The standard InChI is InChI=1S/C19H14O/c1-2-4-14(5-3-1)12-15-6-7-16-8-9-19-17(10-11-20-19)18(16)13-15/h1-11,13H,12H2. The lowest BCUT2D eigenvalue weighted by Gasteiger charge is -2.05. The Hall–Kier alpha value is -2.54. The van der Waals surface area contributed by atoms with E-state index in [1.54, 1.807) is 6.26 Å². The lowest BCUT2D eigenvalue weighted by molar-refractivity contribution is 0.616. The second-order valence-corrected chi connectivity index (χ2v) is 5.12. The van der Waals surface area contributed by atoms with Gasteiger partial charge in [-0.05, 0) is 40.5 Å². The smallest absolute Gasteiger partial charge is 0.134 e. The van der Waals surface area contributed by atoms with Crippen LogP contribution in [0.4, 0.5) is 0 Å². The third-order valence-electron chi connectivity index (χ3n) is 3.77. The molecule has 0 aliphatic carbocycles. The fourth-order valence-electron chi connectivity index (χ4n) is 2.76. The Kier molecular flexibility index (Phi) is 2.56. The van der Waals surface area contributed by atoms with Gasteiger partial charge in [0.25, 0.3) is 0 Å². The molecule has 1 heterocycles. The van der Waals surface area contributed by atoms with E-state index in [1.165, 1.54) is 27.3 Å². The number of furan rings is 1. The molecule has 0 fully saturated rings. The molecule has 0 aliphatic heterocycles. The Bertz CT molecular complexity index is 872. The van der Waals surface area contributed by atoms with Gasteiger partial charge in [-0.15, -0.1) is 0 Å². The third-order valence-corrected chi connectivity index (χ3v) is 3.77. The van der Waals surface area contributed by atoms with E-state index in [-0.39, 0.29) is 0 Å². The molecule has 1 aromatic heterocycles. The summed E-state index contributed by atoms with van der Waals surface area (Å²) in [5.41, 5.74) is 3.62. The van der Waals surface area contributed by atoms with Crippen LogP contribution >= 0.6 is 0 Å². The first-order valence-corrected chi connectivity index (χ1v) is 6.83.